The maximum absolute atomic E-state index is 11.7. The summed E-state index contributed by atoms with van der Waals surface area (Å²) in [6.45, 7) is 2.13. The number of amides is 1. The number of unbranched alkanes of at least 4 members (excludes halogenated alkanes) is 3. The molecule has 0 fully saturated rings. The average Bonchev–Trinajstić information content (AvgIpc) is 2.41. The van der Waals surface area contributed by atoms with Crippen LogP contribution in [0.15, 0.2) is 12.1 Å². The van der Waals surface area contributed by atoms with Crippen LogP contribution in [0.1, 0.15) is 39.0 Å². The van der Waals surface area contributed by atoms with Crippen molar-refractivity contribution in [3.63, 3.8) is 0 Å². The van der Waals surface area contributed by atoms with Crippen molar-refractivity contribution in [2.75, 3.05) is 5.32 Å². The number of rotatable bonds is 6. The highest BCUT2D eigenvalue weighted by molar-refractivity contribution is 7.80. The molecule has 0 radical (unpaired) electrons. The van der Waals surface area contributed by atoms with E-state index in [0.29, 0.717) is 27.2 Å². The molecule has 0 saturated carbocycles. The lowest BCUT2D eigenvalue weighted by molar-refractivity contribution is -0.119. The molecule has 1 aromatic rings. The van der Waals surface area contributed by atoms with Gasteiger partial charge in [-0.1, -0.05) is 61.0 Å². The molecular weight excluding hydrogens is 351 g/mol. The van der Waals surface area contributed by atoms with E-state index in [1.807, 2.05) is 0 Å². The van der Waals surface area contributed by atoms with E-state index in [0.717, 1.165) is 25.7 Å². The van der Waals surface area contributed by atoms with Crippen molar-refractivity contribution in [1.82, 2.24) is 5.32 Å². The molecular formula is C14H17Cl3N2OS. The number of hydrogen-bond donors (Lipinski definition) is 2. The van der Waals surface area contributed by atoms with Gasteiger partial charge in [0.1, 0.15) is 0 Å². The largest absolute Gasteiger partial charge is 0.331 e. The first-order valence-corrected chi connectivity index (χ1v) is 8.23. The van der Waals surface area contributed by atoms with Crippen molar-refractivity contribution < 1.29 is 4.79 Å². The Labute approximate surface area is 145 Å². The second-order valence-electron chi connectivity index (χ2n) is 4.56. The van der Waals surface area contributed by atoms with E-state index < -0.39 is 0 Å². The molecule has 0 heterocycles. The topological polar surface area (TPSA) is 41.1 Å². The molecule has 0 spiro atoms. The summed E-state index contributed by atoms with van der Waals surface area (Å²) in [7, 11) is 0. The number of thiocarbonyl (C=S) groups is 1. The molecule has 0 aliphatic heterocycles. The number of anilines is 1. The molecule has 21 heavy (non-hydrogen) atoms. The third-order valence-electron chi connectivity index (χ3n) is 2.77. The lowest BCUT2D eigenvalue weighted by Gasteiger charge is -2.11. The number of hydrogen-bond acceptors (Lipinski definition) is 2. The van der Waals surface area contributed by atoms with Crippen molar-refractivity contribution in [3.8, 4) is 0 Å². The molecule has 0 aromatic heterocycles. The molecule has 116 valence electrons. The quantitative estimate of drug-likeness (QED) is 0.400. The normalized spacial score (nSPS) is 10.3. The third-order valence-corrected chi connectivity index (χ3v) is 4.01. The molecule has 3 nitrogen and oxygen atoms in total. The fraction of sp³-hybridized carbons (Fsp3) is 0.429. The Kier molecular flexibility index (Phi) is 8.34. The second-order valence-corrected chi connectivity index (χ2v) is 6.19. The van der Waals surface area contributed by atoms with E-state index in [1.54, 1.807) is 6.07 Å². The van der Waals surface area contributed by atoms with Crippen LogP contribution >= 0.6 is 47.0 Å². The van der Waals surface area contributed by atoms with E-state index >= 15 is 0 Å². The Bertz CT molecular complexity index is 523. The summed E-state index contributed by atoms with van der Waals surface area (Å²) in [5, 5.41) is 6.74. The predicted molar refractivity (Wildman–Crippen MR) is 94.6 cm³/mol. The van der Waals surface area contributed by atoms with Crippen LogP contribution in [0.5, 0.6) is 0 Å². The zero-order chi connectivity index (χ0) is 15.8. The van der Waals surface area contributed by atoms with Gasteiger partial charge in [0.25, 0.3) is 0 Å². The molecule has 1 rings (SSSR count). The van der Waals surface area contributed by atoms with Crippen LogP contribution in [-0.2, 0) is 4.79 Å². The summed E-state index contributed by atoms with van der Waals surface area (Å²) >= 11 is 22.8. The molecule has 0 saturated heterocycles. The van der Waals surface area contributed by atoms with Gasteiger partial charge in [-0.25, -0.2) is 0 Å². The van der Waals surface area contributed by atoms with Crippen molar-refractivity contribution >= 4 is 63.7 Å². The Balaban J connectivity index is 2.47. The lowest BCUT2D eigenvalue weighted by atomic mass is 10.1. The Hall–Kier alpha value is -0.550. The third kappa shape index (κ3) is 6.83. The van der Waals surface area contributed by atoms with E-state index in [4.69, 9.17) is 47.0 Å². The first-order valence-electron chi connectivity index (χ1n) is 6.69. The molecule has 0 aliphatic rings. The Morgan fingerprint density at radius 3 is 2.43 bits per heavy atom. The lowest BCUT2D eigenvalue weighted by Crippen LogP contribution is -2.34. The molecule has 0 aliphatic carbocycles. The van der Waals surface area contributed by atoms with Crippen LogP contribution in [0.25, 0.3) is 0 Å². The summed E-state index contributed by atoms with van der Waals surface area (Å²) < 4.78 is 0. The Morgan fingerprint density at radius 2 is 1.76 bits per heavy atom. The van der Waals surface area contributed by atoms with Gasteiger partial charge in [-0.05, 0) is 30.8 Å². The monoisotopic (exact) mass is 366 g/mol. The van der Waals surface area contributed by atoms with Gasteiger partial charge >= 0.3 is 0 Å². The van der Waals surface area contributed by atoms with Gasteiger partial charge in [0.2, 0.25) is 5.91 Å². The van der Waals surface area contributed by atoms with Gasteiger partial charge in [0.05, 0.1) is 20.8 Å². The molecule has 0 unspecified atom stereocenters. The highest BCUT2D eigenvalue weighted by Crippen LogP contribution is 2.32. The van der Waals surface area contributed by atoms with Crippen LogP contribution in [-0.4, -0.2) is 11.0 Å². The minimum Gasteiger partial charge on any atom is -0.331 e. The second kappa shape index (κ2) is 9.46. The number of nitrogens with one attached hydrogen (secondary N) is 2. The predicted octanol–water partition coefficient (Wildman–Crippen LogP) is 5.43. The summed E-state index contributed by atoms with van der Waals surface area (Å²) in [4.78, 5) is 11.7. The standard InChI is InChI=1S/C14H17Cl3N2OS/c1-2-3-4-5-6-13(20)19-14(21)18-12-8-10(16)9(15)7-11(12)17/h7-8H,2-6H2,1H3,(H2,18,19,20,21). The van der Waals surface area contributed by atoms with E-state index in [2.05, 4.69) is 17.6 Å². The van der Waals surface area contributed by atoms with E-state index in [1.165, 1.54) is 6.07 Å². The van der Waals surface area contributed by atoms with Gasteiger partial charge in [0, 0.05) is 6.42 Å². The van der Waals surface area contributed by atoms with Gasteiger partial charge in [-0.3, -0.25) is 4.79 Å². The molecule has 1 amide bonds. The van der Waals surface area contributed by atoms with Crippen molar-refractivity contribution in [2.24, 2.45) is 0 Å². The van der Waals surface area contributed by atoms with Crippen LogP contribution < -0.4 is 10.6 Å². The Morgan fingerprint density at radius 1 is 1.10 bits per heavy atom. The minimum atomic E-state index is -0.111. The maximum Gasteiger partial charge on any atom is 0.226 e. The number of halogens is 3. The summed E-state index contributed by atoms with van der Waals surface area (Å²) in [5.74, 6) is -0.111. The van der Waals surface area contributed by atoms with Crippen molar-refractivity contribution in [3.05, 3.63) is 27.2 Å². The fourth-order valence-corrected chi connectivity index (χ4v) is 2.49. The smallest absolute Gasteiger partial charge is 0.226 e. The summed E-state index contributed by atoms with van der Waals surface area (Å²) in [6.07, 6.45) is 4.63. The molecule has 7 heteroatoms. The summed E-state index contributed by atoms with van der Waals surface area (Å²) in [6, 6.07) is 3.08. The molecule has 1 aromatic carbocycles. The van der Waals surface area contributed by atoms with Crippen LogP contribution in [0.2, 0.25) is 15.1 Å². The minimum absolute atomic E-state index is 0.111. The first-order chi connectivity index (χ1) is 9.93. The number of benzene rings is 1. The SMILES string of the molecule is CCCCCCC(=O)NC(=S)Nc1cc(Cl)c(Cl)cc1Cl. The zero-order valence-electron chi connectivity index (χ0n) is 11.6. The average molecular weight is 368 g/mol. The first kappa shape index (κ1) is 18.5. The zero-order valence-corrected chi connectivity index (χ0v) is 14.7. The molecule has 0 atom stereocenters. The fourth-order valence-electron chi connectivity index (χ4n) is 1.67. The summed E-state index contributed by atoms with van der Waals surface area (Å²) in [5.41, 5.74) is 0.502. The van der Waals surface area contributed by atoms with Gasteiger partial charge < -0.3 is 10.6 Å². The van der Waals surface area contributed by atoms with Crippen molar-refractivity contribution in [2.45, 2.75) is 39.0 Å². The maximum atomic E-state index is 11.7. The number of carbonyl (C=O) groups is 1. The molecule has 0 bridgehead atoms. The van der Waals surface area contributed by atoms with E-state index in [9.17, 15) is 4.79 Å². The highest BCUT2D eigenvalue weighted by Gasteiger charge is 2.09. The van der Waals surface area contributed by atoms with Gasteiger partial charge in [0.15, 0.2) is 5.11 Å². The number of carbonyl (C=O) groups excluding carboxylic acids is 1. The molecule has 2 N–H and O–H groups in total. The van der Waals surface area contributed by atoms with Crippen molar-refractivity contribution in [1.29, 1.82) is 0 Å². The van der Waals surface area contributed by atoms with Gasteiger partial charge in [-0.2, -0.15) is 0 Å². The van der Waals surface area contributed by atoms with Crippen LogP contribution in [0, 0.1) is 0 Å². The van der Waals surface area contributed by atoms with Crippen LogP contribution in [0.4, 0.5) is 5.69 Å². The van der Waals surface area contributed by atoms with Gasteiger partial charge in [-0.15, -0.1) is 0 Å². The van der Waals surface area contributed by atoms with Crippen LogP contribution in [0.3, 0.4) is 0 Å². The highest BCUT2D eigenvalue weighted by atomic mass is 35.5. The van der Waals surface area contributed by atoms with E-state index in [-0.39, 0.29) is 11.0 Å².